The molecule has 4 N–H and O–H groups in total. The lowest BCUT2D eigenvalue weighted by atomic mass is 10.1. The first-order valence-corrected chi connectivity index (χ1v) is 12.9. The molecule has 8 heteroatoms. The Hall–Kier alpha value is -4.49. The molecule has 0 bridgehead atoms. The first kappa shape index (κ1) is 30.1. The van der Waals surface area contributed by atoms with Crippen molar-refractivity contribution in [2.45, 2.75) is 33.1 Å². The number of rotatable bonds is 12. The molecule has 1 amide bonds. The van der Waals surface area contributed by atoms with Crippen LogP contribution in [0.5, 0.6) is 11.5 Å². The number of benzene rings is 4. The van der Waals surface area contributed by atoms with Gasteiger partial charge in [0.1, 0.15) is 23.9 Å². The smallest absolute Gasteiger partial charge is 0.243 e. The SMILES string of the molecule is CC(C)Oc1ccc(NC(=O)CN(Cc2cccc(OCc3ccccc3)c2)c2cccc(C(=N)N)c2)cc1.Cl. The van der Waals surface area contributed by atoms with Gasteiger partial charge in [-0.25, -0.2) is 0 Å². The normalized spacial score (nSPS) is 10.4. The van der Waals surface area contributed by atoms with Gasteiger partial charge in [0, 0.05) is 23.5 Å². The van der Waals surface area contributed by atoms with E-state index in [1.165, 1.54) is 0 Å². The summed E-state index contributed by atoms with van der Waals surface area (Å²) in [5, 5.41) is 10.8. The van der Waals surface area contributed by atoms with Crippen LogP contribution >= 0.6 is 12.4 Å². The van der Waals surface area contributed by atoms with E-state index in [1.54, 1.807) is 6.07 Å². The van der Waals surface area contributed by atoms with Gasteiger partial charge in [0.15, 0.2) is 0 Å². The van der Waals surface area contributed by atoms with Crippen LogP contribution in [0.25, 0.3) is 0 Å². The maximum absolute atomic E-state index is 13.1. The minimum Gasteiger partial charge on any atom is -0.491 e. The fourth-order valence-corrected chi connectivity index (χ4v) is 4.07. The van der Waals surface area contributed by atoms with E-state index in [4.69, 9.17) is 20.6 Å². The molecular formula is C32H35ClN4O3. The third-order valence-corrected chi connectivity index (χ3v) is 5.89. The van der Waals surface area contributed by atoms with Gasteiger partial charge in [-0.1, -0.05) is 54.6 Å². The van der Waals surface area contributed by atoms with E-state index in [1.807, 2.05) is 116 Å². The van der Waals surface area contributed by atoms with Gasteiger partial charge in [-0.05, 0) is 73.5 Å². The number of nitrogens with zero attached hydrogens (tertiary/aromatic N) is 1. The van der Waals surface area contributed by atoms with Crippen LogP contribution in [0.4, 0.5) is 11.4 Å². The summed E-state index contributed by atoms with van der Waals surface area (Å²) in [5.41, 5.74) is 9.88. The Morgan fingerprint density at radius 3 is 2.27 bits per heavy atom. The Labute approximate surface area is 241 Å². The highest BCUT2D eigenvalue weighted by Gasteiger charge is 2.15. The molecule has 0 heterocycles. The molecule has 0 fully saturated rings. The number of hydrogen-bond acceptors (Lipinski definition) is 5. The molecule has 4 rings (SSSR count). The van der Waals surface area contributed by atoms with Crippen molar-refractivity contribution in [3.8, 4) is 11.5 Å². The van der Waals surface area contributed by atoms with Crippen molar-refractivity contribution < 1.29 is 14.3 Å². The molecule has 0 radical (unpaired) electrons. The molecule has 4 aromatic carbocycles. The summed E-state index contributed by atoms with van der Waals surface area (Å²) < 4.78 is 11.7. The van der Waals surface area contributed by atoms with Gasteiger partial charge in [0.2, 0.25) is 5.91 Å². The molecule has 0 unspecified atom stereocenters. The number of halogens is 1. The highest BCUT2D eigenvalue weighted by Crippen LogP contribution is 2.23. The lowest BCUT2D eigenvalue weighted by molar-refractivity contribution is -0.115. The molecule has 0 saturated carbocycles. The summed E-state index contributed by atoms with van der Waals surface area (Å²) in [7, 11) is 0. The minimum absolute atomic E-state index is 0. The van der Waals surface area contributed by atoms with Crippen LogP contribution in [-0.2, 0) is 17.9 Å². The third-order valence-electron chi connectivity index (χ3n) is 5.89. The number of nitrogens with two attached hydrogens (primary N) is 1. The molecule has 7 nitrogen and oxygen atoms in total. The van der Waals surface area contributed by atoms with Gasteiger partial charge in [-0.2, -0.15) is 0 Å². The average molecular weight is 559 g/mol. The second-order valence-corrected chi connectivity index (χ2v) is 9.48. The Bertz CT molecular complexity index is 1390. The summed E-state index contributed by atoms with van der Waals surface area (Å²) in [6, 6.07) is 32.5. The standard InChI is InChI=1S/C32H34N4O3.ClH/c1-23(2)39-29-16-14-27(15-17-29)35-31(37)21-36(28-12-7-11-26(19-28)32(33)34)20-25-10-6-13-30(18-25)38-22-24-8-4-3-5-9-24;/h3-19,23H,20-22H2,1-2H3,(H3,33,34)(H,35,37);1H. The fraction of sp³-hybridized carbons (Fsp3) is 0.188. The Balaban J connectivity index is 0.00000441. The molecule has 0 saturated heterocycles. The Kier molecular flexibility index (Phi) is 11.0. The fourth-order valence-electron chi connectivity index (χ4n) is 4.07. The molecule has 0 aliphatic rings. The first-order chi connectivity index (χ1) is 18.9. The van der Waals surface area contributed by atoms with E-state index < -0.39 is 0 Å². The monoisotopic (exact) mass is 558 g/mol. The second-order valence-electron chi connectivity index (χ2n) is 9.48. The third kappa shape index (κ3) is 9.06. The van der Waals surface area contributed by atoms with Crippen molar-refractivity contribution >= 4 is 35.5 Å². The zero-order valence-electron chi connectivity index (χ0n) is 22.7. The number of hydrogen-bond donors (Lipinski definition) is 3. The van der Waals surface area contributed by atoms with E-state index in [9.17, 15) is 4.79 Å². The Morgan fingerprint density at radius 1 is 0.875 bits per heavy atom. The molecule has 0 aromatic heterocycles. The number of carbonyl (C=O) groups excluding carboxylic acids is 1. The van der Waals surface area contributed by atoms with Crippen molar-refractivity contribution in [2.24, 2.45) is 5.73 Å². The topological polar surface area (TPSA) is 101 Å². The van der Waals surface area contributed by atoms with Gasteiger partial charge in [0.05, 0.1) is 12.6 Å². The number of amidine groups is 1. The lowest BCUT2D eigenvalue weighted by Crippen LogP contribution is -2.33. The van der Waals surface area contributed by atoms with Gasteiger partial charge in [-0.15, -0.1) is 12.4 Å². The van der Waals surface area contributed by atoms with Gasteiger partial charge in [0.25, 0.3) is 0 Å². The van der Waals surface area contributed by atoms with Crippen LogP contribution in [0.1, 0.15) is 30.5 Å². The van der Waals surface area contributed by atoms with E-state index >= 15 is 0 Å². The summed E-state index contributed by atoms with van der Waals surface area (Å²) >= 11 is 0. The lowest BCUT2D eigenvalue weighted by Gasteiger charge is -2.25. The minimum atomic E-state index is -0.169. The summed E-state index contributed by atoms with van der Waals surface area (Å²) in [6.45, 7) is 4.96. The van der Waals surface area contributed by atoms with Crippen molar-refractivity contribution in [1.29, 1.82) is 5.41 Å². The van der Waals surface area contributed by atoms with Crippen molar-refractivity contribution in [3.63, 3.8) is 0 Å². The molecule has 0 aliphatic heterocycles. The predicted octanol–water partition coefficient (Wildman–Crippen LogP) is 6.40. The number of anilines is 2. The molecule has 0 spiro atoms. The van der Waals surface area contributed by atoms with E-state index in [-0.39, 0.29) is 36.8 Å². The zero-order chi connectivity index (χ0) is 27.6. The first-order valence-electron chi connectivity index (χ1n) is 12.9. The van der Waals surface area contributed by atoms with Crippen molar-refractivity contribution in [2.75, 3.05) is 16.8 Å². The van der Waals surface area contributed by atoms with Crippen molar-refractivity contribution in [1.82, 2.24) is 0 Å². The van der Waals surface area contributed by atoms with Crippen LogP contribution in [0.3, 0.4) is 0 Å². The van der Waals surface area contributed by atoms with Crippen molar-refractivity contribution in [3.05, 3.63) is 120 Å². The van der Waals surface area contributed by atoms with E-state index in [2.05, 4.69) is 5.32 Å². The number of nitrogens with one attached hydrogen (secondary N) is 2. The molecular weight excluding hydrogens is 524 g/mol. The van der Waals surface area contributed by atoms with E-state index in [0.29, 0.717) is 24.4 Å². The summed E-state index contributed by atoms with van der Waals surface area (Å²) in [5.74, 6) is 1.31. The number of carbonyl (C=O) groups is 1. The number of ether oxygens (including phenoxy) is 2. The van der Waals surface area contributed by atoms with Crippen LogP contribution in [0.2, 0.25) is 0 Å². The highest BCUT2D eigenvalue weighted by atomic mass is 35.5. The molecule has 0 aliphatic carbocycles. The average Bonchev–Trinajstić information content (AvgIpc) is 2.93. The Morgan fingerprint density at radius 2 is 1.57 bits per heavy atom. The second kappa shape index (κ2) is 14.6. The predicted molar refractivity (Wildman–Crippen MR) is 164 cm³/mol. The quantitative estimate of drug-likeness (QED) is 0.138. The largest absolute Gasteiger partial charge is 0.491 e. The maximum atomic E-state index is 13.1. The maximum Gasteiger partial charge on any atom is 0.243 e. The number of nitrogen functional groups attached to an aromatic ring is 1. The van der Waals surface area contributed by atoms with E-state index in [0.717, 1.165) is 28.3 Å². The molecule has 40 heavy (non-hydrogen) atoms. The van der Waals surface area contributed by atoms with Crippen LogP contribution in [0, 0.1) is 5.41 Å². The molecule has 4 aromatic rings. The van der Waals surface area contributed by atoms with Crippen LogP contribution in [0.15, 0.2) is 103 Å². The molecule has 208 valence electrons. The summed E-state index contributed by atoms with van der Waals surface area (Å²) in [6.07, 6.45) is 0.0759. The van der Waals surface area contributed by atoms with Crippen LogP contribution in [-0.4, -0.2) is 24.4 Å². The van der Waals surface area contributed by atoms with Gasteiger partial charge >= 0.3 is 0 Å². The highest BCUT2D eigenvalue weighted by molar-refractivity contribution is 5.97. The van der Waals surface area contributed by atoms with Gasteiger partial charge in [-0.3, -0.25) is 10.2 Å². The zero-order valence-corrected chi connectivity index (χ0v) is 23.5. The van der Waals surface area contributed by atoms with Crippen LogP contribution < -0.4 is 25.4 Å². The van der Waals surface area contributed by atoms with Gasteiger partial charge < -0.3 is 25.4 Å². The summed E-state index contributed by atoms with van der Waals surface area (Å²) in [4.78, 5) is 15.1. The molecule has 0 atom stereocenters. The number of amides is 1.